The molecule has 1 aliphatic rings. The van der Waals surface area contributed by atoms with Crippen molar-refractivity contribution in [3.8, 4) is 5.75 Å². The lowest BCUT2D eigenvalue weighted by molar-refractivity contribution is 0.0955. The number of benzene rings is 1. The number of amides is 2. The number of urea groups is 1. The van der Waals surface area contributed by atoms with E-state index in [1.807, 2.05) is 6.92 Å². The summed E-state index contributed by atoms with van der Waals surface area (Å²) in [5.74, 6) is 0.415. The van der Waals surface area contributed by atoms with Crippen LogP contribution in [0.2, 0.25) is 5.02 Å². The summed E-state index contributed by atoms with van der Waals surface area (Å²) in [4.78, 5) is 12.2. The fourth-order valence-corrected chi connectivity index (χ4v) is 2.94. The van der Waals surface area contributed by atoms with Gasteiger partial charge < -0.3 is 25.2 Å². The quantitative estimate of drug-likeness (QED) is 0.655. The molecule has 1 saturated carbocycles. The normalized spacial score (nSPS) is 20.5. The van der Waals surface area contributed by atoms with Crippen LogP contribution in [0, 0.1) is 0 Å². The van der Waals surface area contributed by atoms with Crippen LogP contribution in [0.15, 0.2) is 18.2 Å². The lowest BCUT2D eigenvalue weighted by atomic mass is 9.93. The van der Waals surface area contributed by atoms with E-state index in [2.05, 4.69) is 10.6 Å². The number of anilines is 1. The molecule has 2 atom stereocenters. The van der Waals surface area contributed by atoms with E-state index >= 15 is 0 Å². The van der Waals surface area contributed by atoms with Crippen molar-refractivity contribution in [1.82, 2.24) is 5.32 Å². The van der Waals surface area contributed by atoms with Gasteiger partial charge in [0.1, 0.15) is 6.61 Å². The van der Waals surface area contributed by atoms with Crippen molar-refractivity contribution in [2.75, 3.05) is 25.1 Å². The van der Waals surface area contributed by atoms with Gasteiger partial charge >= 0.3 is 6.03 Å². The summed E-state index contributed by atoms with van der Waals surface area (Å²) in [5.41, 5.74) is 0.488. The van der Waals surface area contributed by atoms with E-state index in [1.165, 1.54) is 0 Å². The molecule has 2 amide bonds. The van der Waals surface area contributed by atoms with E-state index in [-0.39, 0.29) is 12.1 Å². The smallest absolute Gasteiger partial charge is 0.319 e. The van der Waals surface area contributed by atoms with E-state index in [1.54, 1.807) is 18.2 Å². The highest BCUT2D eigenvalue weighted by molar-refractivity contribution is 6.32. The molecule has 2 rings (SSSR count). The lowest BCUT2D eigenvalue weighted by Crippen LogP contribution is -2.46. The third-order valence-electron chi connectivity index (χ3n) is 3.94. The van der Waals surface area contributed by atoms with Gasteiger partial charge in [0.2, 0.25) is 0 Å². The molecular formula is C17H25ClN2O4. The van der Waals surface area contributed by atoms with Gasteiger partial charge in [0, 0.05) is 6.61 Å². The molecule has 0 aromatic heterocycles. The molecule has 6 nitrogen and oxygen atoms in total. The molecule has 2 unspecified atom stereocenters. The average Bonchev–Trinajstić information content (AvgIpc) is 2.56. The number of nitrogens with one attached hydrogen (secondary N) is 2. The fraction of sp³-hybridized carbons (Fsp3) is 0.588. The maximum absolute atomic E-state index is 12.2. The minimum absolute atomic E-state index is 0.222. The lowest BCUT2D eigenvalue weighted by Gasteiger charge is -2.28. The first-order valence-corrected chi connectivity index (χ1v) is 8.74. The molecular weight excluding hydrogens is 332 g/mol. The number of hydrogen-bond acceptors (Lipinski definition) is 4. The van der Waals surface area contributed by atoms with E-state index in [9.17, 15) is 9.90 Å². The van der Waals surface area contributed by atoms with Crippen LogP contribution in [-0.2, 0) is 4.74 Å². The molecule has 1 aromatic carbocycles. The van der Waals surface area contributed by atoms with E-state index in [0.29, 0.717) is 42.7 Å². The van der Waals surface area contributed by atoms with E-state index < -0.39 is 6.10 Å². The van der Waals surface area contributed by atoms with Gasteiger partial charge in [-0.15, -0.1) is 0 Å². The molecule has 0 saturated heterocycles. The monoisotopic (exact) mass is 356 g/mol. The minimum Gasteiger partial charge on any atom is -0.487 e. The number of carbonyl (C=O) groups is 1. The second kappa shape index (κ2) is 9.71. The fourth-order valence-electron chi connectivity index (χ4n) is 2.71. The Hall–Kier alpha value is -1.50. The first-order valence-electron chi connectivity index (χ1n) is 8.36. The molecule has 7 heteroatoms. The summed E-state index contributed by atoms with van der Waals surface area (Å²) >= 11 is 6.16. The molecule has 134 valence electrons. The Morgan fingerprint density at radius 1 is 1.33 bits per heavy atom. The summed E-state index contributed by atoms with van der Waals surface area (Å²) in [6, 6.07) is 4.56. The predicted octanol–water partition coefficient (Wildman–Crippen LogP) is 3.18. The zero-order valence-corrected chi connectivity index (χ0v) is 14.6. The Labute approximate surface area is 147 Å². The molecule has 0 aliphatic heterocycles. The Morgan fingerprint density at radius 2 is 2.12 bits per heavy atom. The van der Waals surface area contributed by atoms with Crippen molar-refractivity contribution in [2.45, 2.75) is 44.8 Å². The van der Waals surface area contributed by atoms with E-state index in [4.69, 9.17) is 21.1 Å². The predicted molar refractivity (Wildman–Crippen MR) is 93.9 cm³/mol. The number of para-hydroxylation sites is 1. The molecule has 1 aliphatic carbocycles. The van der Waals surface area contributed by atoms with Gasteiger partial charge in [0.15, 0.2) is 5.75 Å². The molecule has 0 radical (unpaired) electrons. The third-order valence-corrected chi connectivity index (χ3v) is 4.24. The van der Waals surface area contributed by atoms with Gasteiger partial charge in [0.05, 0.1) is 29.5 Å². The molecule has 24 heavy (non-hydrogen) atoms. The van der Waals surface area contributed by atoms with Crippen LogP contribution in [0.5, 0.6) is 5.75 Å². The summed E-state index contributed by atoms with van der Waals surface area (Å²) in [7, 11) is 0. The van der Waals surface area contributed by atoms with Crippen LogP contribution in [-0.4, -0.2) is 43.1 Å². The molecule has 3 N–H and O–H groups in total. The Kier molecular flexibility index (Phi) is 7.62. The number of aliphatic hydroxyl groups excluding tert-OH is 1. The topological polar surface area (TPSA) is 79.8 Å². The zero-order valence-electron chi connectivity index (χ0n) is 13.9. The van der Waals surface area contributed by atoms with Gasteiger partial charge in [0.25, 0.3) is 0 Å². The van der Waals surface area contributed by atoms with Crippen LogP contribution in [0.25, 0.3) is 0 Å². The largest absolute Gasteiger partial charge is 0.487 e. The van der Waals surface area contributed by atoms with Crippen LogP contribution in [0.4, 0.5) is 10.5 Å². The Morgan fingerprint density at radius 3 is 2.88 bits per heavy atom. The highest BCUT2D eigenvalue weighted by Gasteiger charge is 2.24. The van der Waals surface area contributed by atoms with Crippen molar-refractivity contribution in [3.05, 3.63) is 23.2 Å². The van der Waals surface area contributed by atoms with Gasteiger partial charge in [-0.2, -0.15) is 0 Å². The zero-order chi connectivity index (χ0) is 17.4. The Balaban J connectivity index is 1.95. The number of carbonyl (C=O) groups excluding carboxylic acids is 1. The van der Waals surface area contributed by atoms with Gasteiger partial charge in [-0.1, -0.05) is 30.5 Å². The van der Waals surface area contributed by atoms with Gasteiger partial charge in [-0.05, 0) is 31.9 Å². The number of halogens is 1. The SMILES string of the molecule is CCOCCOc1c(Cl)cccc1NC(=O)NC1CCCCC1O. The van der Waals surface area contributed by atoms with Gasteiger partial charge in [-0.3, -0.25) is 0 Å². The summed E-state index contributed by atoms with van der Waals surface area (Å²) in [5, 5.41) is 15.9. The molecule has 0 spiro atoms. The maximum atomic E-state index is 12.2. The number of aliphatic hydroxyl groups is 1. The highest BCUT2D eigenvalue weighted by atomic mass is 35.5. The van der Waals surface area contributed by atoms with E-state index in [0.717, 1.165) is 19.3 Å². The van der Waals surface area contributed by atoms with Gasteiger partial charge in [-0.25, -0.2) is 4.79 Å². The second-order valence-corrected chi connectivity index (χ2v) is 6.13. The second-order valence-electron chi connectivity index (χ2n) is 5.72. The highest BCUT2D eigenvalue weighted by Crippen LogP contribution is 2.33. The third kappa shape index (κ3) is 5.54. The van der Waals surface area contributed by atoms with Crippen LogP contribution >= 0.6 is 11.6 Å². The first kappa shape index (κ1) is 18.8. The minimum atomic E-state index is -0.495. The molecule has 1 aromatic rings. The van der Waals surface area contributed by atoms with Crippen molar-refractivity contribution < 1.29 is 19.4 Å². The van der Waals surface area contributed by atoms with Crippen molar-refractivity contribution in [1.29, 1.82) is 0 Å². The number of hydrogen-bond donors (Lipinski definition) is 3. The van der Waals surface area contributed by atoms with Crippen molar-refractivity contribution in [2.24, 2.45) is 0 Å². The van der Waals surface area contributed by atoms with Crippen LogP contribution < -0.4 is 15.4 Å². The maximum Gasteiger partial charge on any atom is 0.319 e. The first-order chi connectivity index (χ1) is 11.6. The summed E-state index contributed by atoms with van der Waals surface area (Å²) < 4.78 is 10.9. The summed E-state index contributed by atoms with van der Waals surface area (Å²) in [6.07, 6.45) is 3.00. The standard InChI is InChI=1S/C17H25ClN2O4/c1-2-23-10-11-24-16-12(18)6-5-8-14(16)20-17(22)19-13-7-3-4-9-15(13)21/h5-6,8,13,15,21H,2-4,7,9-11H2,1H3,(H2,19,20,22). The van der Waals surface area contributed by atoms with Crippen LogP contribution in [0.3, 0.4) is 0 Å². The van der Waals surface area contributed by atoms with Crippen molar-refractivity contribution >= 4 is 23.3 Å². The number of ether oxygens (including phenoxy) is 2. The average molecular weight is 357 g/mol. The van der Waals surface area contributed by atoms with Crippen molar-refractivity contribution in [3.63, 3.8) is 0 Å². The Bertz CT molecular complexity index is 541. The van der Waals surface area contributed by atoms with Crippen LogP contribution in [0.1, 0.15) is 32.6 Å². The number of rotatable bonds is 7. The summed E-state index contributed by atoms with van der Waals surface area (Å²) in [6.45, 7) is 3.31. The molecule has 1 fully saturated rings. The molecule has 0 heterocycles. The molecule has 0 bridgehead atoms.